The van der Waals surface area contributed by atoms with Crippen LogP contribution in [0.3, 0.4) is 0 Å². The van der Waals surface area contributed by atoms with E-state index in [-0.39, 0.29) is 12.4 Å². The molecule has 0 aromatic carbocycles. The van der Waals surface area contributed by atoms with Crippen molar-refractivity contribution in [3.05, 3.63) is 16.6 Å². The molecule has 0 spiro atoms. The quantitative estimate of drug-likeness (QED) is 0.624. The number of nitrogens with zero attached hydrogens (tertiary/aromatic N) is 1. The molecule has 0 N–H and O–H groups in total. The van der Waals surface area contributed by atoms with E-state index >= 15 is 0 Å². The van der Waals surface area contributed by atoms with Gasteiger partial charge in [-0.1, -0.05) is 0 Å². The van der Waals surface area contributed by atoms with Gasteiger partial charge in [0.15, 0.2) is 0 Å². The monoisotopic (exact) mass is 183 g/mol. The molecule has 9 heavy (non-hydrogen) atoms. The standard InChI is InChI=1S/C4H2ClNOS.ClH/c5-4(7)3-1-6-2-8-3;/h1-2H;1H. The molecule has 0 amide bonds. The van der Waals surface area contributed by atoms with E-state index in [0.29, 0.717) is 4.88 Å². The minimum absolute atomic E-state index is 0. The lowest BCUT2D eigenvalue weighted by molar-refractivity contribution is 0.108. The Morgan fingerprint density at radius 1 is 1.78 bits per heavy atom. The second-order valence-electron chi connectivity index (χ2n) is 1.14. The average Bonchev–Trinajstić information content (AvgIpc) is 2.12. The zero-order chi connectivity index (χ0) is 5.98. The molecule has 0 fully saturated rings. The van der Waals surface area contributed by atoms with Crippen LogP contribution in [0.25, 0.3) is 0 Å². The second-order valence-corrected chi connectivity index (χ2v) is 2.37. The van der Waals surface area contributed by atoms with Crippen molar-refractivity contribution >= 4 is 40.6 Å². The lowest BCUT2D eigenvalue weighted by Crippen LogP contribution is -1.78. The number of hydrogen-bond acceptors (Lipinski definition) is 3. The Bertz CT molecular complexity index is 186. The molecule has 1 rings (SSSR count). The van der Waals surface area contributed by atoms with E-state index in [1.807, 2.05) is 0 Å². The summed E-state index contributed by atoms with van der Waals surface area (Å²) in [6, 6.07) is 0. The summed E-state index contributed by atoms with van der Waals surface area (Å²) >= 11 is 6.31. The van der Waals surface area contributed by atoms with Crippen LogP contribution in [-0.4, -0.2) is 10.2 Å². The van der Waals surface area contributed by atoms with Crippen LogP contribution in [0.2, 0.25) is 0 Å². The normalized spacial score (nSPS) is 8.11. The van der Waals surface area contributed by atoms with Crippen molar-refractivity contribution < 1.29 is 4.79 Å². The van der Waals surface area contributed by atoms with Crippen molar-refractivity contribution in [2.24, 2.45) is 0 Å². The summed E-state index contributed by atoms with van der Waals surface area (Å²) in [6.07, 6.45) is 1.44. The topological polar surface area (TPSA) is 30.0 Å². The van der Waals surface area contributed by atoms with Crippen LogP contribution < -0.4 is 0 Å². The molecule has 0 radical (unpaired) electrons. The molecule has 0 aliphatic heterocycles. The maximum absolute atomic E-state index is 10.2. The fourth-order valence-corrected chi connectivity index (χ4v) is 0.945. The number of thiazole rings is 1. The van der Waals surface area contributed by atoms with Gasteiger partial charge in [-0.15, -0.1) is 23.7 Å². The van der Waals surface area contributed by atoms with Crippen LogP contribution in [-0.2, 0) is 0 Å². The fourth-order valence-electron chi connectivity index (χ4n) is 0.313. The molecule has 0 unspecified atom stereocenters. The van der Waals surface area contributed by atoms with Gasteiger partial charge in [-0.2, -0.15) is 0 Å². The summed E-state index contributed by atoms with van der Waals surface area (Å²) in [5, 5.41) is -0.437. The largest absolute Gasteiger partial charge is 0.275 e. The number of carbonyl (C=O) groups excluding carboxylic acids is 1. The lowest BCUT2D eigenvalue weighted by Gasteiger charge is -1.74. The van der Waals surface area contributed by atoms with Gasteiger partial charge in [-0.3, -0.25) is 9.78 Å². The first kappa shape index (κ1) is 8.88. The van der Waals surface area contributed by atoms with Gasteiger partial charge in [-0.05, 0) is 11.6 Å². The summed E-state index contributed by atoms with van der Waals surface area (Å²) in [6.45, 7) is 0. The highest BCUT2D eigenvalue weighted by Crippen LogP contribution is 2.07. The highest BCUT2D eigenvalue weighted by molar-refractivity contribution is 7.13. The van der Waals surface area contributed by atoms with Crippen molar-refractivity contribution in [1.29, 1.82) is 0 Å². The van der Waals surface area contributed by atoms with Crippen LogP contribution >= 0.6 is 35.3 Å². The average molecular weight is 184 g/mol. The Kier molecular flexibility index (Phi) is 3.77. The van der Waals surface area contributed by atoms with E-state index in [4.69, 9.17) is 11.6 Å². The Labute approximate surface area is 67.3 Å². The van der Waals surface area contributed by atoms with Crippen molar-refractivity contribution in [3.8, 4) is 0 Å². The molecular formula is C4H3Cl2NOS. The highest BCUT2D eigenvalue weighted by Gasteiger charge is 1.99. The molecule has 0 saturated heterocycles. The van der Waals surface area contributed by atoms with E-state index in [1.54, 1.807) is 5.51 Å². The van der Waals surface area contributed by atoms with E-state index in [0.717, 1.165) is 0 Å². The minimum Gasteiger partial charge on any atom is -0.275 e. The fraction of sp³-hybridized carbons (Fsp3) is 0. The first-order valence-electron chi connectivity index (χ1n) is 1.89. The number of aromatic nitrogens is 1. The van der Waals surface area contributed by atoms with E-state index in [1.165, 1.54) is 17.5 Å². The van der Waals surface area contributed by atoms with E-state index in [9.17, 15) is 4.79 Å². The number of halogens is 2. The van der Waals surface area contributed by atoms with Gasteiger partial charge < -0.3 is 0 Å². The summed E-state index contributed by atoms with van der Waals surface area (Å²) in [4.78, 5) is 14.4. The molecule has 2 nitrogen and oxygen atoms in total. The van der Waals surface area contributed by atoms with Gasteiger partial charge in [0.05, 0.1) is 5.51 Å². The summed E-state index contributed by atoms with van der Waals surface area (Å²) < 4.78 is 0. The molecule has 0 saturated carbocycles. The van der Waals surface area contributed by atoms with Gasteiger partial charge in [0.2, 0.25) is 0 Å². The van der Waals surface area contributed by atoms with E-state index in [2.05, 4.69) is 4.98 Å². The molecule has 0 bridgehead atoms. The summed E-state index contributed by atoms with van der Waals surface area (Å²) in [5.74, 6) is 0. The van der Waals surface area contributed by atoms with Gasteiger partial charge in [0.25, 0.3) is 5.24 Å². The van der Waals surface area contributed by atoms with Crippen LogP contribution in [0.5, 0.6) is 0 Å². The van der Waals surface area contributed by atoms with Gasteiger partial charge in [0, 0.05) is 6.20 Å². The molecule has 0 atom stereocenters. The van der Waals surface area contributed by atoms with Crippen LogP contribution in [0.4, 0.5) is 0 Å². The Morgan fingerprint density at radius 3 is 2.67 bits per heavy atom. The van der Waals surface area contributed by atoms with Crippen LogP contribution in [0.1, 0.15) is 9.67 Å². The van der Waals surface area contributed by atoms with Crippen molar-refractivity contribution in [1.82, 2.24) is 4.98 Å². The van der Waals surface area contributed by atoms with Crippen molar-refractivity contribution in [2.75, 3.05) is 0 Å². The van der Waals surface area contributed by atoms with Crippen LogP contribution in [0.15, 0.2) is 11.7 Å². The second kappa shape index (κ2) is 3.82. The predicted octanol–water partition coefficient (Wildman–Crippen LogP) is 1.94. The molecule has 5 heteroatoms. The Morgan fingerprint density at radius 2 is 2.44 bits per heavy atom. The predicted molar refractivity (Wildman–Crippen MR) is 39.5 cm³/mol. The van der Waals surface area contributed by atoms with Gasteiger partial charge >= 0.3 is 0 Å². The smallest absolute Gasteiger partial charge is 0.264 e. The van der Waals surface area contributed by atoms with E-state index < -0.39 is 5.24 Å². The SMILES string of the molecule is Cl.O=C(Cl)c1cncs1. The number of hydrogen-bond donors (Lipinski definition) is 0. The Balaban J connectivity index is 0.000000640. The third-order valence-corrected chi connectivity index (χ3v) is 1.71. The zero-order valence-electron chi connectivity index (χ0n) is 4.20. The summed E-state index contributed by atoms with van der Waals surface area (Å²) in [5.41, 5.74) is 1.57. The molecule has 0 aliphatic carbocycles. The maximum Gasteiger partial charge on any atom is 0.264 e. The highest BCUT2D eigenvalue weighted by atomic mass is 35.5. The molecule has 1 aromatic heterocycles. The first-order chi connectivity index (χ1) is 3.80. The van der Waals surface area contributed by atoms with Gasteiger partial charge in [-0.25, -0.2) is 0 Å². The lowest BCUT2D eigenvalue weighted by atomic mass is 10.6. The third-order valence-electron chi connectivity index (χ3n) is 0.626. The number of rotatable bonds is 1. The van der Waals surface area contributed by atoms with Crippen LogP contribution in [0, 0.1) is 0 Å². The number of carbonyl (C=O) groups is 1. The minimum atomic E-state index is -0.437. The Hall–Kier alpha value is -0.120. The molecule has 1 heterocycles. The zero-order valence-corrected chi connectivity index (χ0v) is 6.59. The molecular weight excluding hydrogens is 181 g/mol. The van der Waals surface area contributed by atoms with Gasteiger partial charge in [0.1, 0.15) is 4.88 Å². The first-order valence-corrected chi connectivity index (χ1v) is 3.15. The molecule has 50 valence electrons. The maximum atomic E-state index is 10.2. The molecule has 0 aliphatic rings. The third kappa shape index (κ3) is 2.30. The molecule has 1 aromatic rings. The van der Waals surface area contributed by atoms with Crippen molar-refractivity contribution in [2.45, 2.75) is 0 Å². The van der Waals surface area contributed by atoms with Crippen molar-refractivity contribution in [3.63, 3.8) is 0 Å². The summed E-state index contributed by atoms with van der Waals surface area (Å²) in [7, 11) is 0.